The zero-order valence-corrected chi connectivity index (χ0v) is 12.3. The second-order valence-electron chi connectivity index (χ2n) is 4.62. The fourth-order valence-corrected chi connectivity index (χ4v) is 2.88. The summed E-state index contributed by atoms with van der Waals surface area (Å²) in [5.41, 5.74) is 6.51. The largest absolute Gasteiger partial charge is 0.377 e. The molecule has 1 atom stereocenters. The number of thiophene rings is 1. The normalized spacial score (nSPS) is 12.2. The van der Waals surface area contributed by atoms with E-state index in [1.54, 1.807) is 24.3 Å². The van der Waals surface area contributed by atoms with Crippen LogP contribution in [0.3, 0.4) is 0 Å². The highest BCUT2D eigenvalue weighted by Crippen LogP contribution is 2.29. The van der Waals surface area contributed by atoms with Gasteiger partial charge < -0.3 is 11.1 Å². The van der Waals surface area contributed by atoms with Crippen LogP contribution >= 0.6 is 11.3 Å². The number of anilines is 1. The van der Waals surface area contributed by atoms with E-state index in [0.29, 0.717) is 11.3 Å². The zero-order valence-electron chi connectivity index (χ0n) is 11.4. The Balaban J connectivity index is 2.34. The van der Waals surface area contributed by atoms with Crippen LogP contribution in [-0.2, 0) is 0 Å². The summed E-state index contributed by atoms with van der Waals surface area (Å²) in [6, 6.07) is 6.90. The molecule has 0 bridgehead atoms. The van der Waals surface area contributed by atoms with Crippen LogP contribution in [0, 0.1) is 12.7 Å². The van der Waals surface area contributed by atoms with Gasteiger partial charge in [0.1, 0.15) is 5.82 Å². The molecule has 0 aliphatic rings. The lowest BCUT2D eigenvalue weighted by molar-refractivity contribution is 0.1000. The van der Waals surface area contributed by atoms with Gasteiger partial charge in [0.05, 0.1) is 6.04 Å². The van der Waals surface area contributed by atoms with Crippen LogP contribution in [0.5, 0.6) is 0 Å². The number of nitrogens with one attached hydrogen (secondary N) is 1. The van der Waals surface area contributed by atoms with Crippen molar-refractivity contribution in [3.8, 4) is 0 Å². The van der Waals surface area contributed by atoms with Crippen molar-refractivity contribution in [2.45, 2.75) is 26.3 Å². The van der Waals surface area contributed by atoms with Crippen molar-refractivity contribution in [1.82, 2.24) is 0 Å². The van der Waals surface area contributed by atoms with Crippen LogP contribution < -0.4 is 11.1 Å². The molecule has 1 aromatic heterocycles. The molecule has 1 amide bonds. The molecule has 0 fully saturated rings. The second-order valence-corrected chi connectivity index (χ2v) is 5.59. The molecular formula is C15H17FN2OS. The Hall–Kier alpha value is -1.88. The van der Waals surface area contributed by atoms with E-state index in [0.717, 1.165) is 6.42 Å². The van der Waals surface area contributed by atoms with E-state index >= 15 is 0 Å². The SMILES string of the molecule is CCC(Nc1cc(C(N)=O)cc(F)c1C)c1cccs1. The predicted octanol–water partition coefficient (Wildman–Crippen LogP) is 3.86. The average molecular weight is 292 g/mol. The van der Waals surface area contributed by atoms with Crippen LogP contribution in [0.2, 0.25) is 0 Å². The Morgan fingerprint density at radius 3 is 2.80 bits per heavy atom. The van der Waals surface area contributed by atoms with Crippen molar-refractivity contribution in [3.05, 3.63) is 51.5 Å². The number of primary amides is 1. The molecule has 20 heavy (non-hydrogen) atoms. The highest BCUT2D eigenvalue weighted by molar-refractivity contribution is 7.10. The molecule has 3 N–H and O–H groups in total. The maximum atomic E-state index is 13.9. The lowest BCUT2D eigenvalue weighted by Gasteiger charge is -2.19. The lowest BCUT2D eigenvalue weighted by Crippen LogP contribution is -2.14. The minimum absolute atomic E-state index is 0.0937. The first-order valence-corrected chi connectivity index (χ1v) is 7.30. The summed E-state index contributed by atoms with van der Waals surface area (Å²) in [6.45, 7) is 3.74. The van der Waals surface area contributed by atoms with Crippen LogP contribution in [0.25, 0.3) is 0 Å². The Labute approximate surface area is 121 Å². The lowest BCUT2D eigenvalue weighted by atomic mass is 10.1. The first-order chi connectivity index (χ1) is 9.52. The quantitative estimate of drug-likeness (QED) is 0.879. The van der Waals surface area contributed by atoms with Gasteiger partial charge in [-0.3, -0.25) is 4.79 Å². The molecule has 0 aliphatic heterocycles. The molecule has 0 aliphatic carbocycles. The van der Waals surface area contributed by atoms with Gasteiger partial charge in [0, 0.05) is 21.7 Å². The van der Waals surface area contributed by atoms with E-state index in [1.165, 1.54) is 10.9 Å². The van der Waals surface area contributed by atoms with Gasteiger partial charge in [-0.25, -0.2) is 4.39 Å². The molecule has 3 nitrogen and oxygen atoms in total. The molecule has 2 rings (SSSR count). The third-order valence-corrected chi connectivity index (χ3v) is 4.24. The second kappa shape index (κ2) is 6.05. The standard InChI is InChI=1S/C15H17FN2OS/c1-3-12(14-5-4-6-20-14)18-13-8-10(15(17)19)7-11(16)9(13)2/h4-8,12,18H,3H2,1-2H3,(H2,17,19). The van der Waals surface area contributed by atoms with Crippen molar-refractivity contribution in [2.24, 2.45) is 5.73 Å². The van der Waals surface area contributed by atoms with E-state index in [-0.39, 0.29) is 11.6 Å². The molecular weight excluding hydrogens is 275 g/mol. The Bertz CT molecular complexity index is 611. The van der Waals surface area contributed by atoms with Crippen molar-refractivity contribution in [2.75, 3.05) is 5.32 Å². The van der Waals surface area contributed by atoms with Crippen LogP contribution in [0.15, 0.2) is 29.6 Å². The van der Waals surface area contributed by atoms with Gasteiger partial charge in [-0.2, -0.15) is 0 Å². The number of hydrogen-bond donors (Lipinski definition) is 2. The van der Waals surface area contributed by atoms with Crippen molar-refractivity contribution in [1.29, 1.82) is 0 Å². The number of nitrogens with two attached hydrogens (primary N) is 1. The van der Waals surface area contributed by atoms with Crippen LogP contribution in [0.1, 0.15) is 40.2 Å². The number of benzene rings is 1. The molecule has 0 spiro atoms. The monoisotopic (exact) mass is 292 g/mol. The molecule has 0 saturated heterocycles. The average Bonchev–Trinajstić information content (AvgIpc) is 2.93. The van der Waals surface area contributed by atoms with Crippen LogP contribution in [-0.4, -0.2) is 5.91 Å². The maximum absolute atomic E-state index is 13.9. The topological polar surface area (TPSA) is 55.1 Å². The van der Waals surface area contributed by atoms with Crippen molar-refractivity contribution >= 4 is 22.9 Å². The summed E-state index contributed by atoms with van der Waals surface area (Å²) in [6.07, 6.45) is 0.863. The molecule has 1 heterocycles. The van der Waals surface area contributed by atoms with Gasteiger partial charge in [-0.1, -0.05) is 13.0 Å². The summed E-state index contributed by atoms with van der Waals surface area (Å²) in [7, 11) is 0. The molecule has 106 valence electrons. The summed E-state index contributed by atoms with van der Waals surface area (Å²) in [5.74, 6) is -1.05. The third-order valence-electron chi connectivity index (χ3n) is 3.25. The van der Waals surface area contributed by atoms with E-state index in [9.17, 15) is 9.18 Å². The van der Waals surface area contributed by atoms with Gasteiger partial charge in [0.2, 0.25) is 5.91 Å². The summed E-state index contributed by atoms with van der Waals surface area (Å²) < 4.78 is 13.9. The van der Waals surface area contributed by atoms with Crippen LogP contribution in [0.4, 0.5) is 10.1 Å². The van der Waals surface area contributed by atoms with E-state index in [2.05, 4.69) is 12.2 Å². The fourth-order valence-electron chi connectivity index (χ4n) is 2.02. The fraction of sp³-hybridized carbons (Fsp3) is 0.267. The molecule has 1 unspecified atom stereocenters. The number of hydrogen-bond acceptors (Lipinski definition) is 3. The van der Waals surface area contributed by atoms with Gasteiger partial charge in [-0.05, 0) is 36.9 Å². The summed E-state index contributed by atoms with van der Waals surface area (Å²) in [4.78, 5) is 12.4. The molecule has 2 aromatic rings. The highest BCUT2D eigenvalue weighted by Gasteiger charge is 2.15. The highest BCUT2D eigenvalue weighted by atomic mass is 32.1. The first-order valence-electron chi connectivity index (χ1n) is 6.42. The first kappa shape index (κ1) is 14.5. The molecule has 0 saturated carbocycles. The predicted molar refractivity (Wildman–Crippen MR) is 80.6 cm³/mol. The molecule has 1 aromatic carbocycles. The molecule has 5 heteroatoms. The number of rotatable bonds is 5. The molecule has 0 radical (unpaired) electrons. The third kappa shape index (κ3) is 2.99. The van der Waals surface area contributed by atoms with Gasteiger partial charge in [0.25, 0.3) is 0 Å². The van der Waals surface area contributed by atoms with E-state index in [1.807, 2.05) is 17.5 Å². The van der Waals surface area contributed by atoms with Gasteiger partial charge >= 0.3 is 0 Å². The van der Waals surface area contributed by atoms with E-state index < -0.39 is 11.7 Å². The summed E-state index contributed by atoms with van der Waals surface area (Å²) >= 11 is 1.65. The van der Waals surface area contributed by atoms with E-state index in [4.69, 9.17) is 5.73 Å². The number of halogens is 1. The minimum atomic E-state index is -0.629. The summed E-state index contributed by atoms with van der Waals surface area (Å²) in [5, 5.41) is 5.30. The van der Waals surface area contributed by atoms with Gasteiger partial charge in [0.15, 0.2) is 0 Å². The van der Waals surface area contributed by atoms with Gasteiger partial charge in [-0.15, -0.1) is 11.3 Å². The maximum Gasteiger partial charge on any atom is 0.248 e. The Morgan fingerprint density at radius 2 is 2.25 bits per heavy atom. The Kier molecular flexibility index (Phi) is 4.39. The smallest absolute Gasteiger partial charge is 0.248 e. The minimum Gasteiger partial charge on any atom is -0.377 e. The zero-order chi connectivity index (χ0) is 14.7. The number of amides is 1. The Morgan fingerprint density at radius 1 is 1.50 bits per heavy atom. The van der Waals surface area contributed by atoms with Crippen molar-refractivity contribution in [3.63, 3.8) is 0 Å². The number of carbonyl (C=O) groups is 1. The van der Waals surface area contributed by atoms with Crippen molar-refractivity contribution < 1.29 is 9.18 Å². The number of carbonyl (C=O) groups excluding carboxylic acids is 1.